The third-order valence-corrected chi connectivity index (χ3v) is 6.94. The molecule has 1 aliphatic carbocycles. The average Bonchev–Trinajstić information content (AvgIpc) is 3.16. The average molecular weight is 430 g/mol. The highest BCUT2D eigenvalue weighted by atomic mass is 32.1. The van der Waals surface area contributed by atoms with Crippen molar-refractivity contribution in [3.05, 3.63) is 51.8 Å². The number of hydrogen-bond acceptors (Lipinski definition) is 4. The maximum Gasteiger partial charge on any atom is 0.268 e. The summed E-state index contributed by atoms with van der Waals surface area (Å²) >= 11 is 1.42. The van der Waals surface area contributed by atoms with Crippen LogP contribution >= 0.6 is 11.3 Å². The molecule has 0 unspecified atom stereocenters. The molecule has 2 heterocycles. The van der Waals surface area contributed by atoms with E-state index in [1.165, 1.54) is 11.3 Å². The predicted octanol–water partition coefficient (Wildman–Crippen LogP) is 5.54. The molecule has 1 saturated carbocycles. The van der Waals surface area contributed by atoms with Gasteiger partial charge < -0.3 is 14.4 Å². The van der Waals surface area contributed by atoms with Crippen LogP contribution in [0.25, 0.3) is 21.2 Å². The summed E-state index contributed by atoms with van der Waals surface area (Å²) in [4.78, 5) is 12.5. The molecule has 1 aromatic carbocycles. The Kier molecular flexibility index (Phi) is 5.27. The number of fused-ring (bicyclic) bond motifs is 1. The maximum absolute atomic E-state index is 14.2. The first kappa shape index (κ1) is 21.1. The number of hydrogen-bond donors (Lipinski definition) is 1. The summed E-state index contributed by atoms with van der Waals surface area (Å²) in [6.45, 7) is 5.15. The van der Waals surface area contributed by atoms with Crippen LogP contribution in [-0.2, 0) is 12.6 Å². The third-order valence-electron chi connectivity index (χ3n) is 6.04. The summed E-state index contributed by atoms with van der Waals surface area (Å²) in [6, 6.07) is 7.64. The zero-order valence-corrected chi connectivity index (χ0v) is 18.7. The number of halogens is 1. The Morgan fingerprint density at radius 3 is 2.60 bits per heavy atom. The molecule has 0 bridgehead atoms. The number of aryl methyl sites for hydroxylation is 1. The van der Waals surface area contributed by atoms with E-state index in [9.17, 15) is 14.3 Å². The Morgan fingerprint density at radius 1 is 1.23 bits per heavy atom. The molecule has 30 heavy (non-hydrogen) atoms. The fourth-order valence-electron chi connectivity index (χ4n) is 4.10. The van der Waals surface area contributed by atoms with Crippen molar-refractivity contribution in [3.63, 3.8) is 0 Å². The summed E-state index contributed by atoms with van der Waals surface area (Å²) in [5, 5.41) is 13.4. The van der Waals surface area contributed by atoms with Crippen LogP contribution in [0.2, 0.25) is 0 Å². The van der Waals surface area contributed by atoms with Gasteiger partial charge in [0, 0.05) is 29.8 Å². The standard InChI is InChI=1S/C24H28FNO3S/c1-23(2,28)15-5-6-20(29-16-7-10-24(3,25)11-8-16)18(13-15)19-14-26(4)22(27)21-17(19)9-12-30-21/h5-6,9,12-14,16,28H,7-8,10-11H2,1-4H3. The van der Waals surface area contributed by atoms with E-state index in [1.807, 2.05) is 35.8 Å². The van der Waals surface area contributed by atoms with E-state index < -0.39 is 11.3 Å². The number of aromatic nitrogens is 1. The van der Waals surface area contributed by atoms with Crippen LogP contribution in [0.4, 0.5) is 4.39 Å². The third kappa shape index (κ3) is 4.03. The maximum atomic E-state index is 14.2. The molecule has 0 aliphatic heterocycles. The molecule has 4 nitrogen and oxygen atoms in total. The van der Waals surface area contributed by atoms with Crippen molar-refractivity contribution < 1.29 is 14.2 Å². The van der Waals surface area contributed by atoms with Gasteiger partial charge in [-0.2, -0.15) is 0 Å². The van der Waals surface area contributed by atoms with Crippen molar-refractivity contribution in [2.45, 2.75) is 63.8 Å². The van der Waals surface area contributed by atoms with Crippen molar-refractivity contribution in [2.75, 3.05) is 0 Å². The molecular weight excluding hydrogens is 401 g/mol. The first-order chi connectivity index (χ1) is 14.0. The molecule has 160 valence electrons. The number of ether oxygens (including phenoxy) is 1. The number of rotatable bonds is 4. The van der Waals surface area contributed by atoms with Crippen LogP contribution in [0.1, 0.15) is 52.0 Å². The largest absolute Gasteiger partial charge is 0.490 e. The minimum absolute atomic E-state index is 0.0284. The van der Waals surface area contributed by atoms with Gasteiger partial charge in [-0.25, -0.2) is 4.39 Å². The lowest BCUT2D eigenvalue weighted by Gasteiger charge is -2.32. The molecule has 6 heteroatoms. The summed E-state index contributed by atoms with van der Waals surface area (Å²) in [6.07, 6.45) is 4.09. The fraction of sp³-hybridized carbons (Fsp3) is 0.458. The van der Waals surface area contributed by atoms with E-state index >= 15 is 0 Å². The molecule has 3 aromatic rings. The summed E-state index contributed by atoms with van der Waals surface area (Å²) < 4.78 is 22.9. The highest BCUT2D eigenvalue weighted by Gasteiger charge is 2.32. The van der Waals surface area contributed by atoms with E-state index in [4.69, 9.17) is 4.74 Å². The molecule has 0 amide bonds. The lowest BCUT2D eigenvalue weighted by Crippen LogP contribution is -2.31. The van der Waals surface area contributed by atoms with E-state index in [-0.39, 0.29) is 11.7 Å². The fourth-order valence-corrected chi connectivity index (χ4v) is 4.99. The Labute approximate surface area is 179 Å². The molecule has 0 spiro atoms. The molecule has 2 aromatic heterocycles. The molecule has 0 radical (unpaired) electrons. The second kappa shape index (κ2) is 7.50. The van der Waals surface area contributed by atoms with Gasteiger partial charge in [0.1, 0.15) is 16.1 Å². The van der Waals surface area contributed by atoms with E-state index in [2.05, 4.69) is 0 Å². The molecule has 1 aliphatic rings. The smallest absolute Gasteiger partial charge is 0.268 e. The first-order valence-electron chi connectivity index (χ1n) is 10.3. The normalized spacial score (nSPS) is 22.4. The Balaban J connectivity index is 1.82. The van der Waals surface area contributed by atoms with E-state index in [1.54, 1.807) is 32.4 Å². The molecular formula is C24H28FNO3S. The van der Waals surface area contributed by atoms with Gasteiger partial charge in [-0.1, -0.05) is 6.07 Å². The van der Waals surface area contributed by atoms with Crippen molar-refractivity contribution in [3.8, 4) is 16.9 Å². The van der Waals surface area contributed by atoms with Crippen LogP contribution in [0, 0.1) is 0 Å². The van der Waals surface area contributed by atoms with Gasteiger partial charge in [0.05, 0.1) is 11.7 Å². The van der Waals surface area contributed by atoms with Crippen molar-refractivity contribution in [1.82, 2.24) is 4.57 Å². The quantitative estimate of drug-likeness (QED) is 0.592. The second-order valence-electron chi connectivity index (χ2n) is 9.12. The Hall–Kier alpha value is -2.18. The number of benzene rings is 1. The van der Waals surface area contributed by atoms with Crippen LogP contribution in [0.3, 0.4) is 0 Å². The number of nitrogens with zero attached hydrogens (tertiary/aromatic N) is 1. The van der Waals surface area contributed by atoms with Gasteiger partial charge in [0.25, 0.3) is 5.56 Å². The lowest BCUT2D eigenvalue weighted by atomic mass is 9.86. The number of alkyl halides is 1. The van der Waals surface area contributed by atoms with Crippen LogP contribution in [-0.4, -0.2) is 21.4 Å². The van der Waals surface area contributed by atoms with Gasteiger partial charge in [-0.05, 0) is 75.6 Å². The minimum atomic E-state index is -1.12. The predicted molar refractivity (Wildman–Crippen MR) is 120 cm³/mol. The lowest BCUT2D eigenvalue weighted by molar-refractivity contribution is 0.0579. The SMILES string of the molecule is Cn1cc(-c2cc(C(C)(C)O)ccc2OC2CCC(C)(F)CC2)c2ccsc2c1=O. The molecule has 0 saturated heterocycles. The Bertz CT molecular complexity index is 1130. The zero-order valence-electron chi connectivity index (χ0n) is 17.9. The number of pyridine rings is 1. The monoisotopic (exact) mass is 429 g/mol. The highest BCUT2D eigenvalue weighted by Crippen LogP contribution is 2.40. The van der Waals surface area contributed by atoms with Crippen LogP contribution < -0.4 is 10.3 Å². The van der Waals surface area contributed by atoms with E-state index in [0.29, 0.717) is 36.1 Å². The highest BCUT2D eigenvalue weighted by molar-refractivity contribution is 7.17. The minimum Gasteiger partial charge on any atom is -0.490 e. The second-order valence-corrected chi connectivity index (χ2v) is 10.0. The number of thiophene rings is 1. The van der Waals surface area contributed by atoms with Gasteiger partial charge >= 0.3 is 0 Å². The van der Waals surface area contributed by atoms with Crippen LogP contribution in [0.15, 0.2) is 40.6 Å². The molecule has 1 fully saturated rings. The number of aliphatic hydroxyl groups is 1. The van der Waals surface area contributed by atoms with Crippen LogP contribution in [0.5, 0.6) is 5.75 Å². The topological polar surface area (TPSA) is 51.5 Å². The molecule has 1 N–H and O–H groups in total. The van der Waals surface area contributed by atoms with Crippen molar-refractivity contribution in [2.24, 2.45) is 7.05 Å². The van der Waals surface area contributed by atoms with Crippen molar-refractivity contribution >= 4 is 21.4 Å². The Morgan fingerprint density at radius 2 is 1.93 bits per heavy atom. The summed E-state index contributed by atoms with van der Waals surface area (Å²) in [5.74, 6) is 0.696. The summed E-state index contributed by atoms with van der Waals surface area (Å²) in [7, 11) is 1.74. The summed E-state index contributed by atoms with van der Waals surface area (Å²) in [5.41, 5.74) is 0.334. The van der Waals surface area contributed by atoms with Gasteiger partial charge in [-0.15, -0.1) is 11.3 Å². The first-order valence-corrected chi connectivity index (χ1v) is 11.2. The molecule has 0 atom stereocenters. The van der Waals surface area contributed by atoms with Crippen molar-refractivity contribution in [1.29, 1.82) is 0 Å². The van der Waals surface area contributed by atoms with Gasteiger partial charge in [0.2, 0.25) is 0 Å². The van der Waals surface area contributed by atoms with E-state index in [0.717, 1.165) is 22.1 Å². The molecule has 4 rings (SSSR count). The van der Waals surface area contributed by atoms with Gasteiger partial charge in [-0.3, -0.25) is 4.79 Å². The zero-order chi connectivity index (χ0) is 21.7. The van der Waals surface area contributed by atoms with Gasteiger partial charge in [0.15, 0.2) is 0 Å².